The monoisotopic (exact) mass is 371 g/mol. The van der Waals surface area contributed by atoms with Crippen LogP contribution in [0.4, 0.5) is 0 Å². The van der Waals surface area contributed by atoms with Gasteiger partial charge in [-0.25, -0.2) is 0 Å². The van der Waals surface area contributed by atoms with E-state index in [4.69, 9.17) is 4.52 Å². The standard InChI is InChI=1S/C18H17N3O2S2/c1-3-10-24-14-8-5-4-7-13(14)18(22)21(2)12-16-19-17(20-23-16)15-9-6-11-25-15/h3-9,11H,1,10,12H2,2H3. The zero-order valence-corrected chi connectivity index (χ0v) is 15.3. The van der Waals surface area contributed by atoms with Crippen LogP contribution in [-0.2, 0) is 6.54 Å². The van der Waals surface area contributed by atoms with Gasteiger partial charge in [-0.2, -0.15) is 4.98 Å². The maximum atomic E-state index is 12.8. The highest BCUT2D eigenvalue weighted by molar-refractivity contribution is 7.99. The molecule has 0 aliphatic rings. The average Bonchev–Trinajstić information content (AvgIpc) is 3.31. The molecule has 7 heteroatoms. The topological polar surface area (TPSA) is 59.2 Å². The Morgan fingerprint density at radius 3 is 2.96 bits per heavy atom. The summed E-state index contributed by atoms with van der Waals surface area (Å²) in [5.74, 6) is 1.63. The van der Waals surface area contributed by atoms with Crippen LogP contribution in [0, 0.1) is 0 Å². The normalized spacial score (nSPS) is 10.6. The van der Waals surface area contributed by atoms with E-state index < -0.39 is 0 Å². The van der Waals surface area contributed by atoms with E-state index in [0.717, 1.165) is 15.5 Å². The molecule has 0 aliphatic carbocycles. The van der Waals surface area contributed by atoms with Crippen molar-refractivity contribution in [3.05, 3.63) is 65.9 Å². The highest BCUT2D eigenvalue weighted by Gasteiger charge is 2.18. The minimum absolute atomic E-state index is 0.0805. The number of thioether (sulfide) groups is 1. The van der Waals surface area contributed by atoms with Crippen LogP contribution in [0.15, 0.2) is 63.9 Å². The van der Waals surface area contributed by atoms with E-state index >= 15 is 0 Å². The quantitative estimate of drug-likeness (QED) is 0.456. The maximum Gasteiger partial charge on any atom is 0.255 e. The molecule has 0 radical (unpaired) electrons. The molecule has 1 aromatic carbocycles. The summed E-state index contributed by atoms with van der Waals surface area (Å²) in [6.45, 7) is 3.98. The fourth-order valence-electron chi connectivity index (χ4n) is 2.22. The summed E-state index contributed by atoms with van der Waals surface area (Å²) in [7, 11) is 1.73. The van der Waals surface area contributed by atoms with Crippen LogP contribution in [0.25, 0.3) is 10.7 Å². The number of hydrogen-bond acceptors (Lipinski definition) is 6. The molecule has 0 saturated carbocycles. The molecule has 5 nitrogen and oxygen atoms in total. The Hall–Kier alpha value is -2.38. The number of rotatable bonds is 7. The highest BCUT2D eigenvalue weighted by atomic mass is 32.2. The number of hydrogen-bond donors (Lipinski definition) is 0. The van der Waals surface area contributed by atoms with Crippen molar-refractivity contribution in [2.75, 3.05) is 12.8 Å². The molecule has 3 aromatic rings. The summed E-state index contributed by atoms with van der Waals surface area (Å²) >= 11 is 3.13. The Balaban J connectivity index is 1.72. The van der Waals surface area contributed by atoms with E-state index in [1.165, 1.54) is 0 Å². The molecule has 0 aliphatic heterocycles. The largest absolute Gasteiger partial charge is 0.337 e. The van der Waals surface area contributed by atoms with Crippen LogP contribution in [0.5, 0.6) is 0 Å². The Morgan fingerprint density at radius 2 is 2.20 bits per heavy atom. The van der Waals surface area contributed by atoms with Crippen LogP contribution in [-0.4, -0.2) is 33.7 Å². The fourth-order valence-corrected chi connectivity index (χ4v) is 3.66. The number of carbonyl (C=O) groups excluding carboxylic acids is 1. The Labute approximate surface area is 154 Å². The predicted molar refractivity (Wildman–Crippen MR) is 101 cm³/mol. The third-order valence-electron chi connectivity index (χ3n) is 3.40. The van der Waals surface area contributed by atoms with Gasteiger partial charge in [0.2, 0.25) is 11.7 Å². The van der Waals surface area contributed by atoms with E-state index in [1.807, 2.05) is 47.9 Å². The van der Waals surface area contributed by atoms with Crippen LogP contribution >= 0.6 is 23.1 Å². The Bertz CT molecular complexity index is 859. The number of carbonyl (C=O) groups is 1. The summed E-state index contributed by atoms with van der Waals surface area (Å²) < 4.78 is 5.27. The van der Waals surface area contributed by atoms with Crippen molar-refractivity contribution in [2.24, 2.45) is 0 Å². The van der Waals surface area contributed by atoms with Gasteiger partial charge in [-0.15, -0.1) is 29.7 Å². The first-order chi connectivity index (χ1) is 12.2. The van der Waals surface area contributed by atoms with Crippen LogP contribution in [0.2, 0.25) is 0 Å². The summed E-state index contributed by atoms with van der Waals surface area (Å²) in [4.78, 5) is 20.6. The predicted octanol–water partition coefficient (Wildman–Crippen LogP) is 4.35. The van der Waals surface area contributed by atoms with Gasteiger partial charge >= 0.3 is 0 Å². The summed E-state index contributed by atoms with van der Waals surface area (Å²) in [5, 5.41) is 5.93. The molecular formula is C18H17N3O2S2. The number of amides is 1. The molecule has 0 saturated heterocycles. The molecule has 3 rings (SSSR count). The van der Waals surface area contributed by atoms with Gasteiger partial charge in [-0.05, 0) is 23.6 Å². The molecule has 0 unspecified atom stereocenters. The van der Waals surface area contributed by atoms with Gasteiger partial charge in [-0.3, -0.25) is 4.79 Å². The van der Waals surface area contributed by atoms with Crippen molar-refractivity contribution >= 4 is 29.0 Å². The number of nitrogens with zero attached hydrogens (tertiary/aromatic N) is 3. The van der Waals surface area contributed by atoms with Gasteiger partial charge in [0.05, 0.1) is 17.0 Å². The molecule has 0 bridgehead atoms. The van der Waals surface area contributed by atoms with Gasteiger partial charge in [0.15, 0.2) is 0 Å². The second-order valence-corrected chi connectivity index (χ2v) is 7.26. The second-order valence-electron chi connectivity index (χ2n) is 5.25. The zero-order chi connectivity index (χ0) is 17.6. The van der Waals surface area contributed by atoms with Gasteiger partial charge in [0.1, 0.15) is 0 Å². The van der Waals surface area contributed by atoms with Crippen molar-refractivity contribution in [3.8, 4) is 10.7 Å². The lowest BCUT2D eigenvalue weighted by Gasteiger charge is -2.16. The molecule has 1 amide bonds. The average molecular weight is 371 g/mol. The van der Waals surface area contributed by atoms with E-state index in [-0.39, 0.29) is 12.5 Å². The van der Waals surface area contributed by atoms with Gasteiger partial charge in [0, 0.05) is 17.7 Å². The lowest BCUT2D eigenvalue weighted by atomic mass is 10.2. The van der Waals surface area contributed by atoms with Crippen LogP contribution in [0.3, 0.4) is 0 Å². The van der Waals surface area contributed by atoms with Gasteiger partial charge in [0.25, 0.3) is 5.91 Å². The Morgan fingerprint density at radius 1 is 1.36 bits per heavy atom. The molecule has 2 aromatic heterocycles. The first-order valence-electron chi connectivity index (χ1n) is 7.63. The Kier molecular flexibility index (Phi) is 5.67. The zero-order valence-electron chi connectivity index (χ0n) is 13.7. The van der Waals surface area contributed by atoms with E-state index in [0.29, 0.717) is 17.3 Å². The molecule has 2 heterocycles. The lowest BCUT2D eigenvalue weighted by Crippen LogP contribution is -2.26. The number of aromatic nitrogens is 2. The van der Waals surface area contributed by atoms with Crippen LogP contribution in [0.1, 0.15) is 16.2 Å². The van der Waals surface area contributed by atoms with E-state index in [2.05, 4.69) is 16.7 Å². The highest BCUT2D eigenvalue weighted by Crippen LogP contribution is 2.25. The van der Waals surface area contributed by atoms with Crippen LogP contribution < -0.4 is 0 Å². The molecule has 128 valence electrons. The first kappa shape index (κ1) is 17.4. The van der Waals surface area contributed by atoms with Crippen molar-refractivity contribution < 1.29 is 9.32 Å². The smallest absolute Gasteiger partial charge is 0.255 e. The van der Waals surface area contributed by atoms with Crippen molar-refractivity contribution in [1.82, 2.24) is 15.0 Å². The molecule has 25 heavy (non-hydrogen) atoms. The summed E-state index contributed by atoms with van der Waals surface area (Å²) in [6.07, 6.45) is 1.82. The molecule has 0 N–H and O–H groups in total. The molecule has 0 spiro atoms. The lowest BCUT2D eigenvalue weighted by molar-refractivity contribution is 0.0766. The van der Waals surface area contributed by atoms with Gasteiger partial charge < -0.3 is 9.42 Å². The summed E-state index contributed by atoms with van der Waals surface area (Å²) in [5.41, 5.74) is 0.662. The number of benzene rings is 1. The molecule has 0 fully saturated rings. The number of thiophene rings is 1. The van der Waals surface area contributed by atoms with Crippen molar-refractivity contribution in [1.29, 1.82) is 0 Å². The van der Waals surface area contributed by atoms with Crippen molar-refractivity contribution in [3.63, 3.8) is 0 Å². The van der Waals surface area contributed by atoms with Gasteiger partial charge in [-0.1, -0.05) is 29.4 Å². The molecule has 0 atom stereocenters. The first-order valence-corrected chi connectivity index (χ1v) is 9.50. The fraction of sp³-hybridized carbons (Fsp3) is 0.167. The SMILES string of the molecule is C=CCSc1ccccc1C(=O)N(C)Cc1nc(-c2cccs2)no1. The summed E-state index contributed by atoms with van der Waals surface area (Å²) in [6, 6.07) is 11.4. The van der Waals surface area contributed by atoms with Crippen molar-refractivity contribution in [2.45, 2.75) is 11.4 Å². The molecular weight excluding hydrogens is 354 g/mol. The third-order valence-corrected chi connectivity index (χ3v) is 5.34. The third kappa shape index (κ3) is 4.18. The second kappa shape index (κ2) is 8.13. The minimum Gasteiger partial charge on any atom is -0.337 e. The van der Waals surface area contributed by atoms with E-state index in [1.54, 1.807) is 35.0 Å². The minimum atomic E-state index is -0.0805. The van der Waals surface area contributed by atoms with E-state index in [9.17, 15) is 4.79 Å². The maximum absolute atomic E-state index is 12.8.